The van der Waals surface area contributed by atoms with Gasteiger partial charge in [0, 0.05) is 24.2 Å². The molecule has 32 heavy (non-hydrogen) atoms. The average molecular weight is 474 g/mol. The van der Waals surface area contributed by atoms with Crippen LogP contribution in [0.1, 0.15) is 22.8 Å². The summed E-state index contributed by atoms with van der Waals surface area (Å²) in [5.74, 6) is 0.162. The summed E-state index contributed by atoms with van der Waals surface area (Å²) in [6.45, 7) is 5.15. The molecule has 0 bridgehead atoms. The molecule has 1 unspecified atom stereocenters. The fraction of sp³-hybridized carbons (Fsp3) is 0.318. The quantitative estimate of drug-likeness (QED) is 0.380. The molecule has 0 saturated carbocycles. The van der Waals surface area contributed by atoms with Crippen molar-refractivity contribution < 1.29 is 22.4 Å². The van der Waals surface area contributed by atoms with E-state index >= 15 is 0 Å². The number of nitrogens with zero attached hydrogens (tertiary/aromatic N) is 3. The van der Waals surface area contributed by atoms with Crippen molar-refractivity contribution >= 4 is 27.6 Å². The summed E-state index contributed by atoms with van der Waals surface area (Å²) in [6.07, 6.45) is 0. The van der Waals surface area contributed by atoms with E-state index in [1.165, 1.54) is 22.1 Å². The van der Waals surface area contributed by atoms with Gasteiger partial charge in [0.1, 0.15) is 0 Å². The highest BCUT2D eigenvalue weighted by atomic mass is 32.2. The minimum atomic E-state index is -3.64. The van der Waals surface area contributed by atoms with E-state index in [4.69, 9.17) is 9.15 Å². The van der Waals surface area contributed by atoms with Crippen LogP contribution in [0.5, 0.6) is 0 Å². The number of ketones is 1. The average Bonchev–Trinajstić information content (AvgIpc) is 3.28. The Kier molecular flexibility index (Phi) is 6.75. The number of hydrogen-bond donors (Lipinski definition) is 0. The summed E-state index contributed by atoms with van der Waals surface area (Å²) < 4.78 is 38.2. The summed E-state index contributed by atoms with van der Waals surface area (Å²) in [4.78, 5) is 12.8. The van der Waals surface area contributed by atoms with Crippen LogP contribution in [0.3, 0.4) is 0 Å². The van der Waals surface area contributed by atoms with Gasteiger partial charge in [-0.15, -0.1) is 10.2 Å². The van der Waals surface area contributed by atoms with Crippen molar-refractivity contribution in [1.29, 1.82) is 0 Å². The van der Waals surface area contributed by atoms with Crippen LogP contribution in [-0.2, 0) is 14.8 Å². The van der Waals surface area contributed by atoms with E-state index in [1.54, 1.807) is 37.3 Å². The number of morpholine rings is 1. The van der Waals surface area contributed by atoms with Gasteiger partial charge in [0.2, 0.25) is 15.9 Å². The molecule has 1 aromatic heterocycles. The highest BCUT2D eigenvalue weighted by Crippen LogP contribution is 2.29. The number of rotatable bonds is 7. The Morgan fingerprint density at radius 1 is 1.09 bits per heavy atom. The number of thioether (sulfide) groups is 1. The predicted octanol–water partition coefficient (Wildman–Crippen LogP) is 3.43. The molecule has 3 aromatic rings. The SMILES string of the molecule is Cc1ccc(C(=O)C(C)Sc2nnc(-c3cccc(S(=O)(=O)N4CCOCC4)c3)o2)cc1. The standard InChI is InChI=1S/C22H23N3O5S2/c1-15-6-8-17(9-7-15)20(26)16(2)31-22-24-23-21(30-22)18-4-3-5-19(14-18)32(27,28)25-10-12-29-13-11-25/h3-9,14,16H,10-13H2,1-2H3. The number of carbonyl (C=O) groups excluding carboxylic acids is 1. The van der Waals surface area contributed by atoms with E-state index in [0.29, 0.717) is 37.4 Å². The van der Waals surface area contributed by atoms with Crippen molar-refractivity contribution in [2.24, 2.45) is 0 Å². The first kappa shape index (κ1) is 22.7. The number of aryl methyl sites for hydroxylation is 1. The van der Waals surface area contributed by atoms with Gasteiger partial charge in [-0.25, -0.2) is 8.42 Å². The molecule has 0 amide bonds. The Hall–Kier alpha value is -2.53. The van der Waals surface area contributed by atoms with Crippen molar-refractivity contribution in [2.45, 2.75) is 29.2 Å². The Labute approximate surface area is 191 Å². The van der Waals surface area contributed by atoms with Crippen LogP contribution >= 0.6 is 11.8 Å². The van der Waals surface area contributed by atoms with Crippen LogP contribution in [0.15, 0.2) is 63.1 Å². The Balaban J connectivity index is 1.49. The maximum Gasteiger partial charge on any atom is 0.277 e. The summed E-state index contributed by atoms with van der Waals surface area (Å²) in [7, 11) is -3.64. The number of ether oxygens (including phenoxy) is 1. The molecule has 1 fully saturated rings. The first-order chi connectivity index (χ1) is 15.3. The minimum absolute atomic E-state index is 0.0339. The number of benzene rings is 2. The molecule has 1 aliphatic heterocycles. The monoisotopic (exact) mass is 473 g/mol. The van der Waals surface area contributed by atoms with Gasteiger partial charge >= 0.3 is 0 Å². The Morgan fingerprint density at radius 2 is 1.81 bits per heavy atom. The molecular weight excluding hydrogens is 450 g/mol. The molecule has 0 spiro atoms. The van der Waals surface area contributed by atoms with Gasteiger partial charge in [-0.05, 0) is 32.0 Å². The smallest absolute Gasteiger partial charge is 0.277 e. The number of carbonyl (C=O) groups is 1. The van der Waals surface area contributed by atoms with Gasteiger partial charge < -0.3 is 9.15 Å². The molecule has 1 aliphatic rings. The zero-order chi connectivity index (χ0) is 22.7. The topological polar surface area (TPSA) is 103 Å². The molecule has 1 saturated heterocycles. The van der Waals surface area contributed by atoms with Crippen molar-refractivity contribution in [1.82, 2.24) is 14.5 Å². The molecule has 1 atom stereocenters. The van der Waals surface area contributed by atoms with Crippen LogP contribution in [-0.4, -0.2) is 60.3 Å². The summed E-state index contributed by atoms with van der Waals surface area (Å²) >= 11 is 1.17. The molecule has 0 N–H and O–H groups in total. The number of Topliss-reactive ketones (excluding diaryl/α,β-unsaturated/α-hetero) is 1. The second kappa shape index (κ2) is 9.53. The lowest BCUT2D eigenvalue weighted by Gasteiger charge is -2.26. The maximum atomic E-state index is 12.9. The van der Waals surface area contributed by atoms with Gasteiger partial charge in [-0.1, -0.05) is 47.7 Å². The van der Waals surface area contributed by atoms with E-state index in [9.17, 15) is 13.2 Å². The van der Waals surface area contributed by atoms with Crippen LogP contribution in [0.2, 0.25) is 0 Å². The van der Waals surface area contributed by atoms with Crippen molar-refractivity contribution in [3.05, 3.63) is 59.7 Å². The van der Waals surface area contributed by atoms with E-state index in [2.05, 4.69) is 10.2 Å². The molecule has 2 heterocycles. The molecule has 168 valence electrons. The number of sulfonamides is 1. The lowest BCUT2D eigenvalue weighted by atomic mass is 10.1. The highest BCUT2D eigenvalue weighted by Gasteiger charge is 2.27. The summed E-state index contributed by atoms with van der Waals surface area (Å²) in [5, 5.41) is 7.89. The van der Waals surface area contributed by atoms with Crippen molar-refractivity contribution in [2.75, 3.05) is 26.3 Å². The van der Waals surface area contributed by atoms with E-state index in [0.717, 1.165) is 5.56 Å². The fourth-order valence-corrected chi connectivity index (χ4v) is 5.47. The number of hydrogen-bond acceptors (Lipinski definition) is 8. The van der Waals surface area contributed by atoms with E-state index in [-0.39, 0.29) is 21.8 Å². The minimum Gasteiger partial charge on any atom is -0.411 e. The van der Waals surface area contributed by atoms with Crippen LogP contribution < -0.4 is 0 Å². The first-order valence-electron chi connectivity index (χ1n) is 10.1. The number of aromatic nitrogens is 2. The summed E-state index contributed by atoms with van der Waals surface area (Å²) in [6, 6.07) is 13.8. The second-order valence-electron chi connectivity index (χ2n) is 7.41. The maximum absolute atomic E-state index is 12.9. The zero-order valence-electron chi connectivity index (χ0n) is 17.7. The zero-order valence-corrected chi connectivity index (χ0v) is 19.4. The third-order valence-corrected chi connectivity index (χ3v) is 7.91. The normalized spacial score (nSPS) is 16.1. The van der Waals surface area contributed by atoms with Crippen LogP contribution in [0.25, 0.3) is 11.5 Å². The van der Waals surface area contributed by atoms with Gasteiger partial charge in [0.15, 0.2) is 5.78 Å². The molecule has 10 heteroatoms. The summed E-state index contributed by atoms with van der Waals surface area (Å²) in [5.41, 5.74) is 2.20. The van der Waals surface area contributed by atoms with Gasteiger partial charge in [-0.3, -0.25) is 4.79 Å². The van der Waals surface area contributed by atoms with E-state index in [1.807, 2.05) is 19.1 Å². The third-order valence-electron chi connectivity index (χ3n) is 5.08. The third kappa shape index (κ3) is 4.93. The second-order valence-corrected chi connectivity index (χ2v) is 10.6. The largest absolute Gasteiger partial charge is 0.411 e. The Morgan fingerprint density at radius 3 is 2.53 bits per heavy atom. The van der Waals surface area contributed by atoms with Gasteiger partial charge in [0.25, 0.3) is 5.22 Å². The van der Waals surface area contributed by atoms with Crippen LogP contribution in [0, 0.1) is 6.92 Å². The molecule has 0 radical (unpaired) electrons. The molecule has 8 nitrogen and oxygen atoms in total. The molecular formula is C22H23N3O5S2. The van der Waals surface area contributed by atoms with Crippen LogP contribution in [0.4, 0.5) is 0 Å². The molecule has 0 aliphatic carbocycles. The highest BCUT2D eigenvalue weighted by molar-refractivity contribution is 8.00. The molecule has 4 rings (SSSR count). The first-order valence-corrected chi connectivity index (χ1v) is 12.5. The Bertz CT molecular complexity index is 1200. The lowest BCUT2D eigenvalue weighted by molar-refractivity contribution is 0.0730. The predicted molar refractivity (Wildman–Crippen MR) is 120 cm³/mol. The lowest BCUT2D eigenvalue weighted by Crippen LogP contribution is -2.40. The van der Waals surface area contributed by atoms with Gasteiger partial charge in [0.05, 0.1) is 23.4 Å². The fourth-order valence-electron chi connectivity index (χ4n) is 3.26. The van der Waals surface area contributed by atoms with Gasteiger partial charge in [-0.2, -0.15) is 4.31 Å². The van der Waals surface area contributed by atoms with Crippen molar-refractivity contribution in [3.63, 3.8) is 0 Å². The van der Waals surface area contributed by atoms with E-state index < -0.39 is 15.3 Å². The molecule has 2 aromatic carbocycles. The van der Waals surface area contributed by atoms with Crippen molar-refractivity contribution in [3.8, 4) is 11.5 Å².